The van der Waals surface area contributed by atoms with Crippen LogP contribution in [0, 0.1) is 13.8 Å². The highest BCUT2D eigenvalue weighted by atomic mass is 32.1. The van der Waals surface area contributed by atoms with Crippen LogP contribution in [0.1, 0.15) is 39.7 Å². The molecule has 1 aromatic heterocycles. The topological polar surface area (TPSA) is 122 Å². The highest BCUT2D eigenvalue weighted by Crippen LogP contribution is 2.34. The second-order valence-electron chi connectivity index (χ2n) is 6.85. The standard InChI is InChI=1S/C20H22N4O4S/c1-4-20(13-8-6-5-7-9-13)18(27)24(19(28)23-20)10-14(25)22-17-15(16(21)26)11(2)12(3)29-17/h5-9H,4,10H2,1-3H3,(H2,21,26)(H,22,25)(H,23,28). The highest BCUT2D eigenvalue weighted by molar-refractivity contribution is 7.16. The monoisotopic (exact) mass is 414 g/mol. The average molecular weight is 414 g/mol. The van der Waals surface area contributed by atoms with Gasteiger partial charge < -0.3 is 16.4 Å². The first-order valence-corrected chi connectivity index (χ1v) is 9.92. The van der Waals surface area contributed by atoms with Crippen LogP contribution in [0.25, 0.3) is 0 Å². The maximum Gasteiger partial charge on any atom is 0.325 e. The van der Waals surface area contributed by atoms with Crippen molar-refractivity contribution in [2.75, 3.05) is 11.9 Å². The minimum absolute atomic E-state index is 0.241. The molecule has 4 N–H and O–H groups in total. The molecule has 1 aliphatic heterocycles. The first-order valence-electron chi connectivity index (χ1n) is 9.10. The zero-order chi connectivity index (χ0) is 21.3. The van der Waals surface area contributed by atoms with Gasteiger partial charge in [0.15, 0.2) is 0 Å². The summed E-state index contributed by atoms with van der Waals surface area (Å²) < 4.78 is 0. The van der Waals surface area contributed by atoms with Crippen LogP contribution in [-0.4, -0.2) is 35.2 Å². The molecule has 152 valence electrons. The van der Waals surface area contributed by atoms with Gasteiger partial charge in [0.05, 0.1) is 5.56 Å². The van der Waals surface area contributed by atoms with Crippen LogP contribution in [0.5, 0.6) is 0 Å². The Morgan fingerprint density at radius 2 is 1.86 bits per heavy atom. The van der Waals surface area contributed by atoms with Crippen molar-refractivity contribution in [1.82, 2.24) is 10.2 Å². The molecule has 0 radical (unpaired) electrons. The lowest BCUT2D eigenvalue weighted by atomic mass is 9.87. The molecular weight excluding hydrogens is 392 g/mol. The van der Waals surface area contributed by atoms with Gasteiger partial charge in [-0.3, -0.25) is 19.3 Å². The van der Waals surface area contributed by atoms with E-state index in [2.05, 4.69) is 10.6 Å². The van der Waals surface area contributed by atoms with E-state index in [1.54, 1.807) is 38.1 Å². The molecule has 1 aromatic carbocycles. The molecule has 2 heterocycles. The van der Waals surface area contributed by atoms with E-state index in [1.165, 1.54) is 11.3 Å². The summed E-state index contributed by atoms with van der Waals surface area (Å²) in [5.74, 6) is -1.72. The van der Waals surface area contributed by atoms with E-state index in [9.17, 15) is 19.2 Å². The van der Waals surface area contributed by atoms with Crippen molar-refractivity contribution >= 4 is 40.1 Å². The number of hydrogen-bond donors (Lipinski definition) is 3. The van der Waals surface area contributed by atoms with E-state index >= 15 is 0 Å². The molecule has 3 rings (SSSR count). The Hall–Kier alpha value is -3.20. The summed E-state index contributed by atoms with van der Waals surface area (Å²) in [6.07, 6.45) is 0.342. The van der Waals surface area contributed by atoms with Crippen molar-refractivity contribution in [3.05, 3.63) is 51.9 Å². The SMILES string of the molecule is CCC1(c2ccccc2)NC(=O)N(CC(=O)Nc2sc(C)c(C)c2C(N)=O)C1=O. The summed E-state index contributed by atoms with van der Waals surface area (Å²) in [6.45, 7) is 4.89. The Bertz CT molecular complexity index is 1000. The first-order chi connectivity index (χ1) is 13.7. The van der Waals surface area contributed by atoms with Gasteiger partial charge in [0, 0.05) is 4.88 Å². The second-order valence-corrected chi connectivity index (χ2v) is 8.07. The molecule has 0 spiro atoms. The van der Waals surface area contributed by atoms with E-state index in [-0.39, 0.29) is 5.56 Å². The molecule has 0 aliphatic carbocycles. The van der Waals surface area contributed by atoms with Gasteiger partial charge in [0.25, 0.3) is 11.8 Å². The average Bonchev–Trinajstić information content (AvgIpc) is 3.10. The van der Waals surface area contributed by atoms with Crippen LogP contribution in [0.3, 0.4) is 0 Å². The van der Waals surface area contributed by atoms with E-state index in [4.69, 9.17) is 5.73 Å². The number of nitrogens with one attached hydrogen (secondary N) is 2. The maximum atomic E-state index is 13.1. The summed E-state index contributed by atoms with van der Waals surface area (Å²) in [4.78, 5) is 51.6. The number of nitrogens with two attached hydrogens (primary N) is 1. The lowest BCUT2D eigenvalue weighted by molar-refractivity contribution is -0.134. The molecule has 1 saturated heterocycles. The van der Waals surface area contributed by atoms with Crippen LogP contribution >= 0.6 is 11.3 Å². The second kappa shape index (κ2) is 7.67. The molecule has 2 aromatic rings. The third-order valence-corrected chi connectivity index (χ3v) is 6.28. The Balaban J connectivity index is 1.81. The number of amides is 5. The lowest BCUT2D eigenvalue weighted by Crippen LogP contribution is -2.44. The minimum atomic E-state index is -1.20. The summed E-state index contributed by atoms with van der Waals surface area (Å²) in [6, 6.07) is 8.29. The summed E-state index contributed by atoms with van der Waals surface area (Å²) in [7, 11) is 0. The molecule has 8 nitrogen and oxygen atoms in total. The maximum absolute atomic E-state index is 13.1. The number of carbonyl (C=O) groups is 4. The molecule has 1 aliphatic rings. The van der Waals surface area contributed by atoms with Crippen molar-refractivity contribution in [2.24, 2.45) is 5.73 Å². The molecule has 0 bridgehead atoms. The number of nitrogens with zero attached hydrogens (tertiary/aromatic N) is 1. The molecule has 1 atom stereocenters. The van der Waals surface area contributed by atoms with Crippen LogP contribution in [0.4, 0.5) is 9.80 Å². The van der Waals surface area contributed by atoms with Gasteiger partial charge in [0.2, 0.25) is 5.91 Å². The smallest absolute Gasteiger partial charge is 0.325 e. The summed E-state index contributed by atoms with van der Waals surface area (Å²) >= 11 is 1.22. The summed E-state index contributed by atoms with van der Waals surface area (Å²) in [5.41, 5.74) is 5.81. The number of carbonyl (C=O) groups excluding carboxylic acids is 4. The van der Waals surface area contributed by atoms with E-state index in [0.717, 1.165) is 9.78 Å². The Kier molecular flexibility index (Phi) is 5.43. The Morgan fingerprint density at radius 3 is 2.45 bits per heavy atom. The molecule has 1 unspecified atom stereocenters. The fraction of sp³-hybridized carbons (Fsp3) is 0.300. The van der Waals surface area contributed by atoms with Crippen molar-refractivity contribution < 1.29 is 19.2 Å². The predicted octanol–water partition coefficient (Wildman–Crippen LogP) is 2.26. The fourth-order valence-corrected chi connectivity index (χ4v) is 4.54. The number of urea groups is 1. The van der Waals surface area contributed by atoms with Crippen molar-refractivity contribution in [2.45, 2.75) is 32.7 Å². The van der Waals surface area contributed by atoms with Crippen LogP contribution in [-0.2, 0) is 15.1 Å². The first kappa shape index (κ1) is 20.5. The third-order valence-electron chi connectivity index (χ3n) is 5.16. The largest absolute Gasteiger partial charge is 0.365 e. The number of primary amides is 1. The number of thiophene rings is 1. The molecule has 1 fully saturated rings. The van der Waals surface area contributed by atoms with Gasteiger partial charge >= 0.3 is 6.03 Å². The fourth-order valence-electron chi connectivity index (χ4n) is 3.45. The van der Waals surface area contributed by atoms with E-state index in [1.807, 2.05) is 13.0 Å². The van der Waals surface area contributed by atoms with Crippen LogP contribution < -0.4 is 16.4 Å². The Labute approximate surface area is 172 Å². The number of anilines is 1. The van der Waals surface area contributed by atoms with Crippen LogP contribution in [0.2, 0.25) is 0 Å². The van der Waals surface area contributed by atoms with E-state index in [0.29, 0.717) is 22.5 Å². The summed E-state index contributed by atoms with van der Waals surface area (Å²) in [5, 5.41) is 5.66. The van der Waals surface area contributed by atoms with Crippen molar-refractivity contribution in [3.63, 3.8) is 0 Å². The molecule has 9 heteroatoms. The number of rotatable bonds is 6. The van der Waals surface area contributed by atoms with Gasteiger partial charge in [-0.15, -0.1) is 11.3 Å². The molecule has 0 saturated carbocycles. The number of imide groups is 1. The number of aryl methyl sites for hydroxylation is 1. The van der Waals surface area contributed by atoms with Crippen molar-refractivity contribution in [1.29, 1.82) is 0 Å². The molecular formula is C20H22N4O4S. The van der Waals surface area contributed by atoms with E-state index < -0.39 is 35.8 Å². The van der Waals surface area contributed by atoms with Crippen molar-refractivity contribution in [3.8, 4) is 0 Å². The quantitative estimate of drug-likeness (QED) is 0.628. The van der Waals surface area contributed by atoms with Gasteiger partial charge in [-0.2, -0.15) is 0 Å². The van der Waals surface area contributed by atoms with Gasteiger partial charge in [0.1, 0.15) is 17.1 Å². The van der Waals surface area contributed by atoms with Crippen LogP contribution in [0.15, 0.2) is 30.3 Å². The lowest BCUT2D eigenvalue weighted by Gasteiger charge is -2.25. The Morgan fingerprint density at radius 1 is 1.21 bits per heavy atom. The predicted molar refractivity (Wildman–Crippen MR) is 110 cm³/mol. The number of hydrogen-bond acceptors (Lipinski definition) is 5. The molecule has 5 amide bonds. The minimum Gasteiger partial charge on any atom is -0.365 e. The normalized spacial score (nSPS) is 18.7. The zero-order valence-corrected chi connectivity index (χ0v) is 17.2. The number of benzene rings is 1. The van der Waals surface area contributed by atoms with Gasteiger partial charge in [-0.1, -0.05) is 37.3 Å². The third kappa shape index (κ3) is 3.49. The highest BCUT2D eigenvalue weighted by Gasteiger charge is 2.51. The van der Waals surface area contributed by atoms with Gasteiger partial charge in [-0.05, 0) is 31.4 Å². The molecule has 29 heavy (non-hydrogen) atoms. The zero-order valence-electron chi connectivity index (χ0n) is 16.4. The van der Waals surface area contributed by atoms with Gasteiger partial charge in [-0.25, -0.2) is 4.79 Å².